The second-order valence-corrected chi connectivity index (χ2v) is 3.68. The van der Waals surface area contributed by atoms with Gasteiger partial charge < -0.3 is 5.73 Å². The number of nitrogens with two attached hydrogens (primary N) is 1. The van der Waals surface area contributed by atoms with Crippen molar-refractivity contribution >= 4 is 23.2 Å². The van der Waals surface area contributed by atoms with Crippen LogP contribution in [0.1, 0.15) is 16.1 Å². The summed E-state index contributed by atoms with van der Waals surface area (Å²) >= 11 is 1.11. The Bertz CT molecular complexity index is 450. The Labute approximate surface area is 91.1 Å². The van der Waals surface area contributed by atoms with Crippen LogP contribution in [0.4, 0.5) is 5.69 Å². The Morgan fingerprint density at radius 3 is 2.67 bits per heavy atom. The fourth-order valence-corrected chi connectivity index (χ4v) is 1.63. The highest BCUT2D eigenvalue weighted by molar-refractivity contribution is 6.99. The van der Waals surface area contributed by atoms with E-state index in [4.69, 9.17) is 5.73 Å². The topological polar surface area (TPSA) is 68.9 Å². The lowest BCUT2D eigenvalue weighted by Gasteiger charge is -1.98. The van der Waals surface area contributed by atoms with Crippen molar-refractivity contribution in [3.05, 3.63) is 41.7 Å². The molecule has 1 aromatic heterocycles. The molecule has 2 aromatic rings. The van der Waals surface area contributed by atoms with Gasteiger partial charge in [0.25, 0.3) is 0 Å². The molecule has 4 nitrogen and oxygen atoms in total. The molecular formula is C10H9N3OS. The van der Waals surface area contributed by atoms with Gasteiger partial charge in [-0.3, -0.25) is 4.79 Å². The van der Waals surface area contributed by atoms with Gasteiger partial charge in [-0.1, -0.05) is 0 Å². The number of Topliss-reactive ketones (excluding diaryl/α,β-unsaturated/α-hetero) is 1. The van der Waals surface area contributed by atoms with Gasteiger partial charge >= 0.3 is 0 Å². The Morgan fingerprint density at radius 2 is 2.07 bits per heavy atom. The smallest absolute Gasteiger partial charge is 0.168 e. The minimum atomic E-state index is 0.0303. The van der Waals surface area contributed by atoms with E-state index in [2.05, 4.69) is 8.75 Å². The monoisotopic (exact) mass is 219 g/mol. The third-order valence-corrected chi connectivity index (χ3v) is 2.50. The molecule has 0 aliphatic carbocycles. The van der Waals surface area contributed by atoms with Crippen LogP contribution in [0, 0.1) is 0 Å². The van der Waals surface area contributed by atoms with E-state index in [-0.39, 0.29) is 5.78 Å². The molecule has 0 atom stereocenters. The van der Waals surface area contributed by atoms with Crippen molar-refractivity contribution in [2.45, 2.75) is 6.42 Å². The molecule has 0 bridgehead atoms. The van der Waals surface area contributed by atoms with Crippen LogP contribution in [0.5, 0.6) is 0 Å². The van der Waals surface area contributed by atoms with Crippen molar-refractivity contribution in [1.29, 1.82) is 0 Å². The molecule has 0 aliphatic heterocycles. The quantitative estimate of drug-likeness (QED) is 0.628. The molecule has 0 radical (unpaired) electrons. The van der Waals surface area contributed by atoms with Gasteiger partial charge in [-0.25, -0.2) is 0 Å². The molecule has 0 unspecified atom stereocenters. The van der Waals surface area contributed by atoms with Crippen LogP contribution in [0.3, 0.4) is 0 Å². The molecule has 0 spiro atoms. The zero-order valence-corrected chi connectivity index (χ0v) is 8.70. The Balaban J connectivity index is 2.11. The lowest BCUT2D eigenvalue weighted by molar-refractivity contribution is 0.0992. The number of nitrogen functional groups attached to an aromatic ring is 1. The van der Waals surface area contributed by atoms with Gasteiger partial charge in [0.1, 0.15) is 0 Å². The molecule has 76 valence electrons. The van der Waals surface area contributed by atoms with Gasteiger partial charge in [0.15, 0.2) is 5.78 Å². The molecule has 2 N–H and O–H groups in total. The van der Waals surface area contributed by atoms with Gasteiger partial charge in [-0.15, -0.1) is 0 Å². The average Bonchev–Trinajstić information content (AvgIpc) is 2.71. The third-order valence-electron chi connectivity index (χ3n) is 1.98. The third kappa shape index (κ3) is 2.38. The number of hydrogen-bond acceptors (Lipinski definition) is 5. The normalized spacial score (nSPS) is 10.1. The van der Waals surface area contributed by atoms with Gasteiger partial charge in [0, 0.05) is 11.3 Å². The summed E-state index contributed by atoms with van der Waals surface area (Å²) in [6, 6.07) is 6.87. The number of aromatic nitrogens is 2. The van der Waals surface area contributed by atoms with Crippen molar-refractivity contribution in [2.24, 2.45) is 0 Å². The molecule has 0 saturated heterocycles. The number of hydrogen-bond donors (Lipinski definition) is 1. The second kappa shape index (κ2) is 4.18. The SMILES string of the molecule is Nc1ccc(C(=O)Cc2cnsn2)cc1. The Hall–Kier alpha value is -1.75. The summed E-state index contributed by atoms with van der Waals surface area (Å²) in [6.07, 6.45) is 1.90. The van der Waals surface area contributed by atoms with Crippen LogP contribution in [0.15, 0.2) is 30.5 Å². The van der Waals surface area contributed by atoms with E-state index in [0.717, 1.165) is 11.7 Å². The zero-order chi connectivity index (χ0) is 10.7. The summed E-state index contributed by atoms with van der Waals surface area (Å²) < 4.78 is 7.83. The van der Waals surface area contributed by atoms with Gasteiger partial charge in [-0.05, 0) is 24.3 Å². The Morgan fingerprint density at radius 1 is 1.33 bits per heavy atom. The average molecular weight is 219 g/mol. The van der Waals surface area contributed by atoms with Crippen molar-refractivity contribution in [3.63, 3.8) is 0 Å². The number of anilines is 1. The van der Waals surface area contributed by atoms with E-state index in [0.29, 0.717) is 23.4 Å². The van der Waals surface area contributed by atoms with Crippen molar-refractivity contribution in [2.75, 3.05) is 5.73 Å². The van der Waals surface area contributed by atoms with Gasteiger partial charge in [-0.2, -0.15) is 8.75 Å². The minimum absolute atomic E-state index is 0.0303. The second-order valence-electron chi connectivity index (χ2n) is 3.12. The summed E-state index contributed by atoms with van der Waals surface area (Å²) in [5.41, 5.74) is 7.55. The predicted molar refractivity (Wildman–Crippen MR) is 58.8 cm³/mol. The minimum Gasteiger partial charge on any atom is -0.399 e. The first kappa shape index (κ1) is 9.79. The van der Waals surface area contributed by atoms with Crippen LogP contribution in [0.2, 0.25) is 0 Å². The zero-order valence-electron chi connectivity index (χ0n) is 7.88. The van der Waals surface area contributed by atoms with E-state index in [9.17, 15) is 4.79 Å². The maximum absolute atomic E-state index is 11.7. The molecule has 2 rings (SSSR count). The molecule has 1 aromatic carbocycles. The predicted octanol–water partition coefficient (Wildman–Crippen LogP) is 1.55. The number of carbonyl (C=O) groups is 1. The highest BCUT2D eigenvalue weighted by Crippen LogP contribution is 2.09. The van der Waals surface area contributed by atoms with E-state index in [1.807, 2.05) is 0 Å². The van der Waals surface area contributed by atoms with Crippen molar-refractivity contribution in [3.8, 4) is 0 Å². The Kier molecular flexibility index (Phi) is 2.73. The first-order valence-corrected chi connectivity index (χ1v) is 5.14. The molecule has 0 amide bonds. The van der Waals surface area contributed by atoms with Crippen molar-refractivity contribution < 1.29 is 4.79 Å². The highest BCUT2D eigenvalue weighted by Gasteiger charge is 2.08. The largest absolute Gasteiger partial charge is 0.399 e. The lowest BCUT2D eigenvalue weighted by Crippen LogP contribution is -2.03. The summed E-state index contributed by atoms with van der Waals surface area (Å²) in [7, 11) is 0. The van der Waals surface area contributed by atoms with Crippen LogP contribution >= 0.6 is 11.7 Å². The van der Waals surface area contributed by atoms with Crippen molar-refractivity contribution in [1.82, 2.24) is 8.75 Å². The standard InChI is InChI=1S/C10H9N3OS/c11-8-3-1-7(2-4-8)10(14)5-9-6-12-15-13-9/h1-4,6H,5,11H2. The number of carbonyl (C=O) groups excluding carboxylic acids is 1. The number of benzene rings is 1. The molecule has 0 aliphatic rings. The first-order valence-electron chi connectivity index (χ1n) is 4.41. The van der Waals surface area contributed by atoms with Crippen LogP contribution in [-0.4, -0.2) is 14.5 Å². The number of ketones is 1. The number of nitrogens with zero attached hydrogens (tertiary/aromatic N) is 2. The molecule has 1 heterocycles. The van der Waals surface area contributed by atoms with E-state index in [1.165, 1.54) is 0 Å². The van der Waals surface area contributed by atoms with Gasteiger partial charge in [0.2, 0.25) is 0 Å². The van der Waals surface area contributed by atoms with Crippen LogP contribution < -0.4 is 5.73 Å². The van der Waals surface area contributed by atoms with E-state index >= 15 is 0 Å². The summed E-state index contributed by atoms with van der Waals surface area (Å²) in [4.78, 5) is 11.7. The lowest BCUT2D eigenvalue weighted by atomic mass is 10.1. The fourth-order valence-electron chi connectivity index (χ4n) is 1.20. The molecule has 5 heteroatoms. The molecular weight excluding hydrogens is 210 g/mol. The van der Waals surface area contributed by atoms with E-state index < -0.39 is 0 Å². The van der Waals surface area contributed by atoms with Crippen LogP contribution in [0.25, 0.3) is 0 Å². The van der Waals surface area contributed by atoms with Gasteiger partial charge in [0.05, 0.1) is 30.0 Å². The maximum atomic E-state index is 11.7. The summed E-state index contributed by atoms with van der Waals surface area (Å²) in [5.74, 6) is 0.0303. The molecule has 0 fully saturated rings. The number of rotatable bonds is 3. The van der Waals surface area contributed by atoms with E-state index in [1.54, 1.807) is 30.5 Å². The maximum Gasteiger partial charge on any atom is 0.168 e. The fraction of sp³-hybridized carbons (Fsp3) is 0.100. The molecule has 0 saturated carbocycles. The first-order chi connectivity index (χ1) is 7.25. The highest BCUT2D eigenvalue weighted by atomic mass is 32.1. The van der Waals surface area contributed by atoms with Crippen LogP contribution in [-0.2, 0) is 6.42 Å². The molecule has 15 heavy (non-hydrogen) atoms. The summed E-state index contributed by atoms with van der Waals surface area (Å²) in [6.45, 7) is 0. The summed E-state index contributed by atoms with van der Waals surface area (Å²) in [5, 5.41) is 0.